The molecule has 0 aromatic heterocycles. The molecule has 0 bridgehead atoms. The van der Waals surface area contributed by atoms with E-state index in [1.54, 1.807) is 0 Å². The van der Waals surface area contributed by atoms with Crippen LogP contribution in [0.25, 0.3) is 0 Å². The molecule has 0 aliphatic rings. The van der Waals surface area contributed by atoms with E-state index in [9.17, 15) is 49.8 Å². The fourth-order valence-corrected chi connectivity index (χ4v) is 2.98. The molecular weight excluding hydrogens is 452 g/mol. The molecule has 3 aromatic rings. The molecule has 3 rings (SSSR count). The van der Waals surface area contributed by atoms with Crippen LogP contribution in [-0.2, 0) is 0 Å². The number of rotatable bonds is 6. The van der Waals surface area contributed by atoms with Crippen molar-refractivity contribution in [3.05, 3.63) is 70.8 Å². The molecule has 0 saturated carbocycles. The van der Waals surface area contributed by atoms with E-state index in [1.165, 1.54) is 0 Å². The van der Waals surface area contributed by atoms with Gasteiger partial charge < -0.3 is 41.3 Å². The highest BCUT2D eigenvalue weighted by molar-refractivity contribution is 6.14. The second-order valence-electron chi connectivity index (χ2n) is 6.87. The van der Waals surface area contributed by atoms with Crippen molar-refractivity contribution in [2.45, 2.75) is 0 Å². The predicted molar refractivity (Wildman–Crippen MR) is 116 cm³/mol. The number of carboxylic acids is 2. The molecule has 34 heavy (non-hydrogen) atoms. The van der Waals surface area contributed by atoms with Crippen molar-refractivity contribution in [3.63, 3.8) is 0 Å². The van der Waals surface area contributed by atoms with Crippen LogP contribution in [-0.4, -0.2) is 54.4 Å². The number of carbonyl (C=O) groups excluding carboxylic acids is 2. The molecule has 12 heteroatoms. The normalized spacial score (nSPS) is 10.4. The van der Waals surface area contributed by atoms with E-state index in [4.69, 9.17) is 0 Å². The van der Waals surface area contributed by atoms with Crippen molar-refractivity contribution < 1.29 is 49.8 Å². The smallest absolute Gasteiger partial charge is 0.337 e. The fraction of sp³-hybridized carbons (Fsp3) is 0. The van der Waals surface area contributed by atoms with Crippen LogP contribution in [0.4, 0.5) is 11.4 Å². The Hall–Kier alpha value is -5.26. The van der Waals surface area contributed by atoms with E-state index in [1.807, 2.05) is 0 Å². The van der Waals surface area contributed by atoms with E-state index < -0.39 is 57.5 Å². The van der Waals surface area contributed by atoms with Crippen LogP contribution in [0.5, 0.6) is 23.0 Å². The molecule has 2 amide bonds. The Kier molecular flexibility index (Phi) is 6.25. The highest BCUT2D eigenvalue weighted by atomic mass is 16.4. The Morgan fingerprint density at radius 2 is 0.882 bits per heavy atom. The second kappa shape index (κ2) is 9.08. The van der Waals surface area contributed by atoms with Gasteiger partial charge in [0.25, 0.3) is 11.8 Å². The van der Waals surface area contributed by atoms with E-state index >= 15 is 0 Å². The van der Waals surface area contributed by atoms with Gasteiger partial charge in [-0.25, -0.2) is 9.59 Å². The van der Waals surface area contributed by atoms with Gasteiger partial charge in [0.2, 0.25) is 0 Å². The Labute approximate surface area is 190 Å². The average molecular weight is 468 g/mol. The molecule has 0 saturated heterocycles. The van der Waals surface area contributed by atoms with Crippen LogP contribution in [0.1, 0.15) is 41.4 Å². The maximum absolute atomic E-state index is 12.7. The van der Waals surface area contributed by atoms with E-state index in [0.717, 1.165) is 48.5 Å². The van der Waals surface area contributed by atoms with Crippen molar-refractivity contribution in [2.24, 2.45) is 0 Å². The molecule has 0 atom stereocenters. The summed E-state index contributed by atoms with van der Waals surface area (Å²) in [5, 5.41) is 62.3. The van der Waals surface area contributed by atoms with Crippen molar-refractivity contribution in [2.75, 3.05) is 10.6 Å². The molecule has 0 aliphatic heterocycles. The average Bonchev–Trinajstić information content (AvgIpc) is 2.77. The van der Waals surface area contributed by atoms with E-state index in [-0.39, 0.29) is 22.9 Å². The Morgan fingerprint density at radius 3 is 1.24 bits per heavy atom. The van der Waals surface area contributed by atoms with Crippen molar-refractivity contribution in [1.82, 2.24) is 0 Å². The summed E-state index contributed by atoms with van der Waals surface area (Å²) in [6.45, 7) is 0. The van der Waals surface area contributed by atoms with Crippen LogP contribution in [0.3, 0.4) is 0 Å². The first-order chi connectivity index (χ1) is 16.0. The van der Waals surface area contributed by atoms with Gasteiger partial charge >= 0.3 is 11.9 Å². The minimum Gasteiger partial charge on any atom is -0.508 e. The van der Waals surface area contributed by atoms with Gasteiger partial charge in [0, 0.05) is 0 Å². The number of carbonyl (C=O) groups is 4. The summed E-state index contributed by atoms with van der Waals surface area (Å²) >= 11 is 0. The molecule has 0 heterocycles. The number of anilines is 2. The number of nitrogens with one attached hydrogen (secondary N) is 2. The first-order valence-corrected chi connectivity index (χ1v) is 9.29. The third-order valence-corrected chi connectivity index (χ3v) is 4.55. The summed E-state index contributed by atoms with van der Waals surface area (Å²) < 4.78 is 0. The second-order valence-corrected chi connectivity index (χ2v) is 6.87. The molecule has 0 aliphatic carbocycles. The van der Waals surface area contributed by atoms with Crippen LogP contribution in [0.15, 0.2) is 48.5 Å². The highest BCUT2D eigenvalue weighted by Crippen LogP contribution is 2.31. The Balaban J connectivity index is 1.96. The van der Waals surface area contributed by atoms with Gasteiger partial charge in [-0.1, -0.05) is 0 Å². The first-order valence-electron chi connectivity index (χ1n) is 9.29. The zero-order chi connectivity index (χ0) is 25.2. The number of amides is 2. The van der Waals surface area contributed by atoms with Gasteiger partial charge in [-0.05, 0) is 48.5 Å². The molecule has 0 radical (unpaired) electrons. The van der Waals surface area contributed by atoms with Crippen molar-refractivity contribution in [1.29, 1.82) is 0 Å². The first kappa shape index (κ1) is 23.4. The molecule has 174 valence electrons. The molecule has 8 N–H and O–H groups in total. The minimum absolute atomic E-state index is 0.237. The molecule has 3 aromatic carbocycles. The number of phenols is 4. The number of hydrogen-bond acceptors (Lipinski definition) is 8. The number of hydrogen-bond donors (Lipinski definition) is 8. The van der Waals surface area contributed by atoms with Crippen molar-refractivity contribution in [3.8, 4) is 23.0 Å². The number of carboxylic acid groups (broad SMARTS) is 2. The number of aromatic hydroxyl groups is 4. The fourth-order valence-electron chi connectivity index (χ4n) is 2.98. The summed E-state index contributed by atoms with van der Waals surface area (Å²) in [7, 11) is 0. The van der Waals surface area contributed by atoms with Crippen LogP contribution in [0, 0.1) is 0 Å². The van der Waals surface area contributed by atoms with Gasteiger partial charge in [0.15, 0.2) is 0 Å². The monoisotopic (exact) mass is 468 g/mol. The lowest BCUT2D eigenvalue weighted by Gasteiger charge is -2.14. The van der Waals surface area contributed by atoms with Crippen LogP contribution < -0.4 is 10.6 Å². The van der Waals surface area contributed by atoms with Crippen molar-refractivity contribution >= 4 is 35.1 Å². The topological polar surface area (TPSA) is 214 Å². The lowest BCUT2D eigenvalue weighted by atomic mass is 10.0. The summed E-state index contributed by atoms with van der Waals surface area (Å²) in [6.07, 6.45) is 0. The maximum atomic E-state index is 12.7. The highest BCUT2D eigenvalue weighted by Gasteiger charge is 2.23. The zero-order valence-electron chi connectivity index (χ0n) is 16.9. The molecule has 0 spiro atoms. The third kappa shape index (κ3) is 4.80. The number of phenolic OH excluding ortho intramolecular Hbond substituents is 4. The van der Waals surface area contributed by atoms with Gasteiger partial charge in [0.1, 0.15) is 23.0 Å². The predicted octanol–water partition coefficient (Wildman–Crippen LogP) is 2.41. The number of aromatic carboxylic acids is 2. The molecule has 0 fully saturated rings. The molecule has 0 unspecified atom stereocenters. The van der Waals surface area contributed by atoms with Crippen LogP contribution >= 0.6 is 0 Å². The Bertz CT molecular complexity index is 1250. The number of benzene rings is 3. The van der Waals surface area contributed by atoms with Gasteiger partial charge in [-0.3, -0.25) is 9.59 Å². The molecule has 12 nitrogen and oxygen atoms in total. The summed E-state index contributed by atoms with van der Waals surface area (Å²) in [5.41, 5.74) is -2.59. The van der Waals surface area contributed by atoms with Gasteiger partial charge in [-0.2, -0.15) is 0 Å². The summed E-state index contributed by atoms with van der Waals surface area (Å²) in [6, 6.07) is 7.84. The zero-order valence-corrected chi connectivity index (χ0v) is 16.9. The lowest BCUT2D eigenvalue weighted by molar-refractivity contribution is 0.0686. The van der Waals surface area contributed by atoms with Gasteiger partial charge in [0.05, 0.1) is 33.6 Å². The Morgan fingerprint density at radius 1 is 0.529 bits per heavy atom. The summed E-state index contributed by atoms with van der Waals surface area (Å²) in [5.74, 6) is -7.35. The van der Waals surface area contributed by atoms with Crippen LogP contribution in [0.2, 0.25) is 0 Å². The summed E-state index contributed by atoms with van der Waals surface area (Å²) in [4.78, 5) is 48.1. The minimum atomic E-state index is -1.46. The standard InChI is InChI=1S/C22H16N2O10/c25-9-1-3-16(12(5-9)21(31)32)23-19(29)14-7-11(27)8-15(18(14)28)20(30)24-17-4-2-10(26)6-13(17)22(33)34/h1-8,25-28H,(H,23,29)(H,24,30)(H,31,32)(H,33,34). The quantitative estimate of drug-likeness (QED) is 0.247. The largest absolute Gasteiger partial charge is 0.508 e. The van der Waals surface area contributed by atoms with E-state index in [0.29, 0.717) is 0 Å². The van der Waals surface area contributed by atoms with Gasteiger partial charge in [-0.15, -0.1) is 0 Å². The molecular formula is C22H16N2O10. The maximum Gasteiger partial charge on any atom is 0.337 e. The lowest BCUT2D eigenvalue weighted by Crippen LogP contribution is -2.18. The third-order valence-electron chi connectivity index (χ3n) is 4.55. The van der Waals surface area contributed by atoms with E-state index in [2.05, 4.69) is 10.6 Å². The SMILES string of the molecule is O=C(O)c1cc(O)ccc1NC(=O)c1cc(O)cc(C(=O)Nc2ccc(O)cc2C(=O)O)c1O.